The fourth-order valence-electron chi connectivity index (χ4n) is 10.4. The first kappa shape index (κ1) is 50.1. The lowest BCUT2D eigenvalue weighted by Gasteiger charge is -2.53. The Morgan fingerprint density at radius 1 is 0.531 bits per heavy atom. The number of rotatable bonds is 10. The van der Waals surface area contributed by atoms with Gasteiger partial charge in [0.15, 0.2) is 24.2 Å². The molecule has 64 heavy (non-hydrogen) atoms. The third-order valence-electron chi connectivity index (χ3n) is 13.1. The van der Waals surface area contributed by atoms with Gasteiger partial charge in [0.05, 0.1) is 25.4 Å². The maximum atomic E-state index is 9.73. The summed E-state index contributed by atoms with van der Waals surface area (Å²) in [6, 6.07) is 42.0. The Kier molecular flexibility index (Phi) is 15.0. The van der Waals surface area contributed by atoms with Crippen molar-refractivity contribution >= 4 is 18.7 Å². The number of aliphatic hydroxyl groups is 1. The standard InChI is InChI=1S/C33H40O5Si.C17H22O5.3CH4/c1-31(2,3)39(26-17-11-7-12-18-26,27-19-13-8-14-20-27)38-25-21-33(22-25)29(34-23-24-15-9-6-10-16-24)28-30(37-33)36-32(4,5)35-28;1-16(2)20-13-14(19-10-11-6-4-3-5-7-11)17(8-12(18)9-17)22-15(13)21-16;;;/h6-20,25,28-30H,21-23H2,1-5H3;3-7,12-15,18H,8-10H2,1-2H3;3*1H4/t25?,28-,29-,30+,33?;12?,13-,14-,15+,17?;;;/m11.../s1. The van der Waals surface area contributed by atoms with Crippen LogP contribution in [-0.4, -0.2) is 85.4 Å². The molecule has 4 aromatic carbocycles. The Hall–Kier alpha value is -3.30. The molecule has 0 aromatic heterocycles. The van der Waals surface area contributed by atoms with E-state index in [0.717, 1.165) is 24.0 Å². The zero-order valence-corrected chi connectivity index (χ0v) is 37.5. The number of benzene rings is 4. The summed E-state index contributed by atoms with van der Waals surface area (Å²) >= 11 is 0. The summed E-state index contributed by atoms with van der Waals surface area (Å²) < 4.78 is 57.2. The highest BCUT2D eigenvalue weighted by atomic mass is 28.4. The highest BCUT2D eigenvalue weighted by Crippen LogP contribution is 2.55. The average Bonchev–Trinajstić information content (AvgIpc) is 3.87. The van der Waals surface area contributed by atoms with Crippen molar-refractivity contribution in [2.75, 3.05) is 0 Å². The van der Waals surface area contributed by atoms with E-state index in [9.17, 15) is 5.11 Å². The Bertz CT molecular complexity index is 2030. The van der Waals surface area contributed by atoms with E-state index in [0.29, 0.717) is 26.1 Å². The van der Waals surface area contributed by atoms with Gasteiger partial charge in [0.25, 0.3) is 8.32 Å². The zero-order chi connectivity index (χ0) is 42.7. The molecule has 10 rings (SSSR count). The van der Waals surface area contributed by atoms with Gasteiger partial charge in [-0.05, 0) is 54.2 Å². The molecule has 350 valence electrons. The van der Waals surface area contributed by atoms with Crippen LogP contribution < -0.4 is 10.4 Å². The number of hydrogen-bond acceptors (Lipinski definition) is 10. The third kappa shape index (κ3) is 9.60. The maximum absolute atomic E-state index is 9.73. The first-order valence-electron chi connectivity index (χ1n) is 21.9. The van der Waals surface area contributed by atoms with Crippen LogP contribution in [0.4, 0.5) is 0 Å². The molecule has 0 unspecified atom stereocenters. The van der Waals surface area contributed by atoms with Crippen molar-refractivity contribution in [3.8, 4) is 0 Å². The molecule has 4 aromatic rings. The molecule has 2 saturated carbocycles. The van der Waals surface area contributed by atoms with Gasteiger partial charge >= 0.3 is 0 Å². The first-order valence-corrected chi connectivity index (χ1v) is 23.9. The monoisotopic (exact) mass is 899 g/mol. The van der Waals surface area contributed by atoms with Gasteiger partial charge in [0.2, 0.25) is 0 Å². The van der Waals surface area contributed by atoms with E-state index in [-0.39, 0.29) is 63.9 Å². The van der Waals surface area contributed by atoms with Gasteiger partial charge in [0, 0.05) is 25.7 Å². The lowest BCUT2D eigenvalue weighted by molar-refractivity contribution is -0.275. The van der Waals surface area contributed by atoms with Crippen molar-refractivity contribution < 1.29 is 47.4 Å². The summed E-state index contributed by atoms with van der Waals surface area (Å²) in [4.78, 5) is 0. The van der Waals surface area contributed by atoms with Crippen LogP contribution in [-0.2, 0) is 55.5 Å². The van der Waals surface area contributed by atoms with Crippen LogP contribution in [0.3, 0.4) is 0 Å². The molecular formula is C53H74O10Si. The van der Waals surface area contributed by atoms with Crippen molar-refractivity contribution in [2.45, 2.75) is 187 Å². The van der Waals surface area contributed by atoms with Crippen molar-refractivity contribution in [3.05, 3.63) is 132 Å². The quantitative estimate of drug-likeness (QED) is 0.155. The van der Waals surface area contributed by atoms with Gasteiger partial charge in [-0.15, -0.1) is 0 Å². The van der Waals surface area contributed by atoms with E-state index < -0.39 is 43.7 Å². The first-order chi connectivity index (χ1) is 29.1. The van der Waals surface area contributed by atoms with Crippen molar-refractivity contribution in [3.63, 3.8) is 0 Å². The number of ether oxygens (including phenoxy) is 8. The smallest absolute Gasteiger partial charge is 0.261 e. The number of fused-ring (bicyclic) bond motifs is 2. The van der Waals surface area contributed by atoms with Crippen LogP contribution in [0, 0.1) is 0 Å². The molecule has 10 nitrogen and oxygen atoms in total. The molecule has 6 atom stereocenters. The van der Waals surface area contributed by atoms with E-state index >= 15 is 0 Å². The van der Waals surface area contributed by atoms with Crippen LogP contribution in [0.25, 0.3) is 0 Å². The second kappa shape index (κ2) is 19.1. The van der Waals surface area contributed by atoms with Crippen molar-refractivity contribution in [1.82, 2.24) is 0 Å². The summed E-state index contributed by atoms with van der Waals surface area (Å²) in [6.07, 6.45) is 0.557. The normalized spacial score (nSPS) is 32.7. The SMILES string of the molecule is C.C.C.CC1(C)O[C@H]2OC3(CC(O)C3)[C@H](OCc3ccccc3)[C@H]2O1.CC1(C)O[C@H]2OC3(CC(O[Si](c4ccccc4)(c4ccccc4)C(C)(C)C)C3)[C@H](OCc3ccccc3)[C@H]2O1. The molecule has 6 aliphatic rings. The summed E-state index contributed by atoms with van der Waals surface area (Å²) in [5, 5.41) is 12.2. The lowest BCUT2D eigenvalue weighted by Crippen LogP contribution is -2.70. The van der Waals surface area contributed by atoms with Crippen LogP contribution in [0.2, 0.25) is 5.04 Å². The Morgan fingerprint density at radius 3 is 1.25 bits per heavy atom. The second-order valence-corrected chi connectivity index (χ2v) is 23.9. The molecule has 2 spiro atoms. The Morgan fingerprint density at radius 2 is 0.891 bits per heavy atom. The van der Waals surface area contributed by atoms with Crippen LogP contribution in [0.15, 0.2) is 121 Å². The molecule has 0 radical (unpaired) electrons. The minimum atomic E-state index is -2.65. The van der Waals surface area contributed by atoms with E-state index in [1.807, 2.05) is 76.2 Å². The highest BCUT2D eigenvalue weighted by Gasteiger charge is 2.69. The summed E-state index contributed by atoms with van der Waals surface area (Å²) in [5.41, 5.74) is 1.28. The molecule has 0 bridgehead atoms. The predicted molar refractivity (Wildman–Crippen MR) is 252 cm³/mol. The van der Waals surface area contributed by atoms with Gasteiger partial charge in [-0.3, -0.25) is 0 Å². The highest BCUT2D eigenvalue weighted by molar-refractivity contribution is 6.99. The summed E-state index contributed by atoms with van der Waals surface area (Å²) in [7, 11) is -2.65. The van der Waals surface area contributed by atoms with Crippen LogP contribution in [0.1, 0.15) is 108 Å². The third-order valence-corrected chi connectivity index (χ3v) is 18.2. The average molecular weight is 899 g/mol. The fourth-order valence-corrected chi connectivity index (χ4v) is 15.1. The van der Waals surface area contributed by atoms with Gasteiger partial charge in [-0.1, -0.05) is 164 Å². The Balaban J connectivity index is 0.000000232. The Labute approximate surface area is 383 Å². The van der Waals surface area contributed by atoms with Crippen LogP contribution in [0.5, 0.6) is 0 Å². The topological polar surface area (TPSA) is 103 Å². The molecule has 4 heterocycles. The number of hydrogen-bond donors (Lipinski definition) is 1. The van der Waals surface area contributed by atoms with Crippen molar-refractivity contribution in [2.24, 2.45) is 0 Å². The van der Waals surface area contributed by atoms with Gasteiger partial charge in [0.1, 0.15) is 35.6 Å². The van der Waals surface area contributed by atoms with E-state index in [4.69, 9.17) is 42.3 Å². The predicted octanol–water partition coefficient (Wildman–Crippen LogP) is 9.44. The second-order valence-electron chi connectivity index (χ2n) is 19.6. The summed E-state index contributed by atoms with van der Waals surface area (Å²) in [6.45, 7) is 15.6. The molecule has 2 aliphatic carbocycles. The fraction of sp³-hybridized carbons (Fsp3) is 0.547. The van der Waals surface area contributed by atoms with E-state index in [2.05, 4.69) is 93.6 Å². The van der Waals surface area contributed by atoms with Gasteiger partial charge in [-0.2, -0.15) is 0 Å². The van der Waals surface area contributed by atoms with Crippen LogP contribution >= 0.6 is 0 Å². The number of aliphatic hydroxyl groups excluding tert-OH is 1. The summed E-state index contributed by atoms with van der Waals surface area (Å²) in [5.74, 6) is -1.35. The minimum Gasteiger partial charge on any atom is -0.404 e. The van der Waals surface area contributed by atoms with Gasteiger partial charge in [-0.25, -0.2) is 0 Å². The molecular weight excluding hydrogens is 825 g/mol. The molecule has 11 heteroatoms. The maximum Gasteiger partial charge on any atom is 0.261 e. The minimum absolute atomic E-state index is 0. The lowest BCUT2D eigenvalue weighted by atomic mass is 9.73. The van der Waals surface area contributed by atoms with E-state index in [1.165, 1.54) is 10.4 Å². The molecule has 6 fully saturated rings. The zero-order valence-electron chi connectivity index (χ0n) is 36.5. The molecule has 0 amide bonds. The molecule has 4 aliphatic heterocycles. The largest absolute Gasteiger partial charge is 0.404 e. The van der Waals surface area contributed by atoms with Crippen molar-refractivity contribution in [1.29, 1.82) is 0 Å². The van der Waals surface area contributed by atoms with E-state index in [1.54, 1.807) is 0 Å². The van der Waals surface area contributed by atoms with Gasteiger partial charge < -0.3 is 47.4 Å². The molecule has 1 N–H and O–H groups in total. The molecule has 4 saturated heterocycles.